The smallest absolute Gasteiger partial charge is 0.257 e. The monoisotopic (exact) mass is 478 g/mol. The fraction of sp³-hybridized carbons (Fsp3) is 0.231. The van der Waals surface area contributed by atoms with E-state index in [9.17, 15) is 9.18 Å². The van der Waals surface area contributed by atoms with E-state index < -0.39 is 0 Å². The van der Waals surface area contributed by atoms with Crippen LogP contribution >= 0.6 is 12.2 Å². The third-order valence-electron chi connectivity index (χ3n) is 5.77. The Bertz CT molecular complexity index is 1150. The topological polar surface area (TPSA) is 56.8 Å². The Morgan fingerprint density at radius 2 is 1.74 bits per heavy atom. The van der Waals surface area contributed by atoms with E-state index in [1.54, 1.807) is 37.4 Å². The Labute approximate surface area is 204 Å². The highest BCUT2D eigenvalue weighted by Gasteiger charge is 2.18. The van der Waals surface area contributed by atoms with Gasteiger partial charge in [-0.25, -0.2) is 4.39 Å². The molecule has 1 fully saturated rings. The summed E-state index contributed by atoms with van der Waals surface area (Å²) >= 11 is 5.29. The van der Waals surface area contributed by atoms with Crippen LogP contribution in [0.15, 0.2) is 72.8 Å². The van der Waals surface area contributed by atoms with Gasteiger partial charge in [-0.1, -0.05) is 24.3 Å². The lowest BCUT2D eigenvalue weighted by Gasteiger charge is -2.36. The van der Waals surface area contributed by atoms with E-state index in [-0.39, 0.29) is 16.8 Å². The van der Waals surface area contributed by atoms with Crippen LogP contribution in [0.2, 0.25) is 0 Å². The molecule has 8 heteroatoms. The van der Waals surface area contributed by atoms with Crippen molar-refractivity contribution in [2.24, 2.45) is 0 Å². The van der Waals surface area contributed by atoms with Crippen molar-refractivity contribution in [3.63, 3.8) is 0 Å². The zero-order chi connectivity index (χ0) is 23.9. The van der Waals surface area contributed by atoms with Gasteiger partial charge < -0.3 is 15.0 Å². The van der Waals surface area contributed by atoms with E-state index in [1.807, 2.05) is 36.4 Å². The highest BCUT2D eigenvalue weighted by Crippen LogP contribution is 2.21. The molecule has 3 aromatic carbocycles. The summed E-state index contributed by atoms with van der Waals surface area (Å²) in [7, 11) is 1.55. The van der Waals surface area contributed by atoms with Gasteiger partial charge in [-0.15, -0.1) is 0 Å². The number of thiocarbonyl (C=S) groups is 1. The molecule has 4 rings (SSSR count). The quantitative estimate of drug-likeness (QED) is 0.516. The molecule has 1 saturated heterocycles. The van der Waals surface area contributed by atoms with Crippen molar-refractivity contribution in [3.05, 3.63) is 89.7 Å². The van der Waals surface area contributed by atoms with Gasteiger partial charge in [-0.2, -0.15) is 0 Å². The van der Waals surface area contributed by atoms with Crippen molar-refractivity contribution in [1.29, 1.82) is 0 Å². The van der Waals surface area contributed by atoms with Gasteiger partial charge in [0.15, 0.2) is 5.11 Å². The molecule has 0 bridgehead atoms. The maximum absolute atomic E-state index is 13.9. The second kappa shape index (κ2) is 11.1. The van der Waals surface area contributed by atoms with Gasteiger partial charge in [-0.3, -0.25) is 15.0 Å². The normalized spacial score (nSPS) is 13.9. The summed E-state index contributed by atoms with van der Waals surface area (Å²) in [6.07, 6.45) is 0. The van der Waals surface area contributed by atoms with Gasteiger partial charge in [0, 0.05) is 55.2 Å². The van der Waals surface area contributed by atoms with Gasteiger partial charge >= 0.3 is 0 Å². The average Bonchev–Trinajstić information content (AvgIpc) is 2.86. The van der Waals surface area contributed by atoms with Crippen LogP contribution in [0.4, 0.5) is 15.8 Å². The molecule has 0 radical (unpaired) electrons. The number of carbonyl (C=O) groups is 1. The fourth-order valence-corrected chi connectivity index (χ4v) is 4.10. The number of carbonyl (C=O) groups excluding carboxylic acids is 1. The maximum Gasteiger partial charge on any atom is 0.257 e. The van der Waals surface area contributed by atoms with Gasteiger partial charge in [0.25, 0.3) is 5.91 Å². The predicted octanol–water partition coefficient (Wildman–Crippen LogP) is 4.28. The summed E-state index contributed by atoms with van der Waals surface area (Å²) in [6, 6.07) is 21.8. The molecule has 0 aliphatic carbocycles. The highest BCUT2D eigenvalue weighted by atomic mass is 32.1. The van der Waals surface area contributed by atoms with Crippen molar-refractivity contribution in [2.45, 2.75) is 6.54 Å². The van der Waals surface area contributed by atoms with Crippen LogP contribution in [0.3, 0.4) is 0 Å². The molecule has 2 N–H and O–H groups in total. The number of hydrogen-bond donors (Lipinski definition) is 2. The molecule has 0 saturated carbocycles. The van der Waals surface area contributed by atoms with Crippen molar-refractivity contribution in [1.82, 2.24) is 10.2 Å². The second-order valence-corrected chi connectivity index (χ2v) is 8.45. The molecule has 6 nitrogen and oxygen atoms in total. The third kappa shape index (κ3) is 6.09. The molecular formula is C26H27FN4O2S. The minimum absolute atomic E-state index is 0.148. The van der Waals surface area contributed by atoms with Crippen molar-refractivity contribution < 1.29 is 13.9 Å². The second-order valence-electron chi connectivity index (χ2n) is 8.04. The average molecular weight is 479 g/mol. The Hall–Kier alpha value is -3.49. The summed E-state index contributed by atoms with van der Waals surface area (Å²) in [4.78, 5) is 17.0. The molecule has 3 aromatic rings. The molecular weight excluding hydrogens is 451 g/mol. The number of piperazine rings is 1. The summed E-state index contributed by atoms with van der Waals surface area (Å²) < 4.78 is 19.1. The van der Waals surface area contributed by atoms with E-state index in [0.717, 1.165) is 43.1 Å². The number of rotatable bonds is 6. The third-order valence-corrected chi connectivity index (χ3v) is 5.98. The number of halogens is 1. The molecule has 0 spiro atoms. The summed E-state index contributed by atoms with van der Waals surface area (Å²) in [5.74, 6) is 0.155. The molecule has 176 valence electrons. The molecule has 1 aliphatic heterocycles. The first-order chi connectivity index (χ1) is 16.5. The number of nitrogens with one attached hydrogen (secondary N) is 2. The van der Waals surface area contributed by atoms with Gasteiger partial charge in [0.1, 0.15) is 11.6 Å². The van der Waals surface area contributed by atoms with Crippen LogP contribution in [-0.4, -0.2) is 49.2 Å². The molecule has 0 atom stereocenters. The maximum atomic E-state index is 13.9. The number of hydrogen-bond acceptors (Lipinski definition) is 5. The summed E-state index contributed by atoms with van der Waals surface area (Å²) in [6.45, 7) is 4.11. The predicted molar refractivity (Wildman–Crippen MR) is 137 cm³/mol. The number of amides is 1. The lowest BCUT2D eigenvalue weighted by atomic mass is 10.1. The minimum atomic E-state index is -0.304. The number of benzene rings is 3. The number of nitrogens with zero attached hydrogens (tertiary/aromatic N) is 2. The zero-order valence-electron chi connectivity index (χ0n) is 19.0. The van der Waals surface area contributed by atoms with Gasteiger partial charge in [-0.05, 0) is 60.7 Å². The lowest BCUT2D eigenvalue weighted by Crippen LogP contribution is -2.46. The Morgan fingerprint density at radius 1 is 1.00 bits per heavy atom. The first-order valence-corrected chi connectivity index (χ1v) is 11.5. The molecule has 34 heavy (non-hydrogen) atoms. The van der Waals surface area contributed by atoms with Crippen LogP contribution in [0, 0.1) is 5.82 Å². The van der Waals surface area contributed by atoms with Crippen LogP contribution in [0.5, 0.6) is 5.75 Å². The Balaban J connectivity index is 1.26. The van der Waals surface area contributed by atoms with Crippen molar-refractivity contribution in [3.8, 4) is 5.75 Å². The van der Waals surface area contributed by atoms with Crippen molar-refractivity contribution in [2.75, 3.05) is 43.5 Å². The molecule has 0 aromatic heterocycles. The number of ether oxygens (including phenoxy) is 1. The van der Waals surface area contributed by atoms with E-state index in [4.69, 9.17) is 17.0 Å². The summed E-state index contributed by atoms with van der Waals surface area (Å²) in [5, 5.41) is 5.96. The SMILES string of the molecule is COc1cccc(C(=O)NC(=S)Nc2ccc(N3CCN(Cc4ccccc4F)CC3)cc2)c1. The number of methoxy groups -OCH3 is 1. The lowest BCUT2D eigenvalue weighted by molar-refractivity contribution is 0.0977. The first kappa shape index (κ1) is 23.7. The van der Waals surface area contributed by atoms with E-state index in [0.29, 0.717) is 17.9 Å². The van der Waals surface area contributed by atoms with E-state index >= 15 is 0 Å². The largest absolute Gasteiger partial charge is 0.497 e. The molecule has 1 amide bonds. The number of anilines is 2. The zero-order valence-corrected chi connectivity index (χ0v) is 19.8. The van der Waals surface area contributed by atoms with E-state index in [1.165, 1.54) is 6.07 Å². The van der Waals surface area contributed by atoms with Crippen LogP contribution in [0.1, 0.15) is 15.9 Å². The molecule has 1 aliphatic rings. The molecule has 1 heterocycles. The van der Waals surface area contributed by atoms with Gasteiger partial charge in [0.05, 0.1) is 7.11 Å². The Kier molecular flexibility index (Phi) is 7.72. The van der Waals surface area contributed by atoms with E-state index in [2.05, 4.69) is 20.4 Å². The standard InChI is InChI=1S/C26H27FN4O2S/c1-33-23-7-4-6-19(17-23)25(32)29-26(34)28-21-9-11-22(12-10-21)31-15-13-30(14-16-31)18-20-5-2-3-8-24(20)27/h2-12,17H,13-16,18H2,1H3,(H2,28,29,32,34). The fourth-order valence-electron chi connectivity index (χ4n) is 3.89. The van der Waals surface area contributed by atoms with Crippen molar-refractivity contribution >= 4 is 34.6 Å². The molecule has 0 unspecified atom stereocenters. The van der Waals surface area contributed by atoms with Crippen LogP contribution in [0.25, 0.3) is 0 Å². The first-order valence-electron chi connectivity index (χ1n) is 11.1. The van der Waals surface area contributed by atoms with Crippen LogP contribution in [-0.2, 0) is 6.54 Å². The minimum Gasteiger partial charge on any atom is -0.497 e. The van der Waals surface area contributed by atoms with Crippen LogP contribution < -0.4 is 20.3 Å². The van der Waals surface area contributed by atoms with Gasteiger partial charge in [0.2, 0.25) is 0 Å². The Morgan fingerprint density at radius 3 is 2.44 bits per heavy atom. The summed E-state index contributed by atoms with van der Waals surface area (Å²) in [5.41, 5.74) is 3.11. The highest BCUT2D eigenvalue weighted by molar-refractivity contribution is 7.80.